The van der Waals surface area contributed by atoms with Crippen LogP contribution in [0.4, 0.5) is 0 Å². The Bertz CT molecular complexity index is 1950. The second kappa shape index (κ2) is 11.9. The molecule has 0 aromatic rings. The van der Waals surface area contributed by atoms with Crippen LogP contribution in [0, 0.1) is 52.3 Å². The molecule has 12 atom stereocenters. The molecule has 0 unspecified atom stereocenters. The second-order valence-electron chi connectivity index (χ2n) is 17.2. The average Bonchev–Trinajstić information content (AvgIpc) is 4.05. The van der Waals surface area contributed by atoms with E-state index >= 15 is 0 Å². The number of aliphatic hydroxyl groups excluding tert-OH is 2. The number of Topliss-reactive ketones (excluding diaryl/α,β-unsaturated/α-hetero) is 1. The van der Waals surface area contributed by atoms with E-state index in [9.17, 15) is 44.1 Å². The number of carbonyl (C=O) groups is 6. The van der Waals surface area contributed by atoms with Crippen molar-refractivity contribution in [1.82, 2.24) is 0 Å². The molecule has 0 radical (unpaired) electrons. The van der Waals surface area contributed by atoms with Crippen molar-refractivity contribution in [3.05, 3.63) is 45.1 Å². The zero-order valence-corrected chi connectivity index (χ0v) is 30.9. The summed E-state index contributed by atoms with van der Waals surface area (Å²) in [5.41, 5.74) is -2.19. The largest absolute Gasteiger partial charge is 0.481 e. The van der Waals surface area contributed by atoms with Gasteiger partial charge in [-0.2, -0.15) is 0 Å². The van der Waals surface area contributed by atoms with Gasteiger partial charge in [0, 0.05) is 34.5 Å². The van der Waals surface area contributed by atoms with Gasteiger partial charge >= 0.3 is 29.8 Å². The molecule has 0 bridgehead atoms. The molecule has 1 heterocycles. The van der Waals surface area contributed by atoms with E-state index in [1.54, 1.807) is 6.92 Å². The number of fused-ring (bicyclic) bond motifs is 7. The topological polar surface area (TPSA) is 220 Å². The van der Waals surface area contributed by atoms with Crippen LogP contribution in [0.2, 0.25) is 0 Å². The van der Waals surface area contributed by atoms with Gasteiger partial charge in [0.15, 0.2) is 5.78 Å². The Morgan fingerprint density at radius 2 is 1.70 bits per heavy atom. The molecule has 8 rings (SSSR count). The minimum Gasteiger partial charge on any atom is -0.481 e. The number of carbonyl (C=O) groups excluding carboxylic acids is 5. The molecule has 5 fully saturated rings. The molecule has 14 heteroatoms. The predicted molar refractivity (Wildman–Crippen MR) is 182 cm³/mol. The molecule has 0 aromatic carbocycles. The normalized spacial score (nSPS) is 42.9. The molecule has 0 amide bonds. The molecule has 54 heavy (non-hydrogen) atoms. The number of carboxylic acid groups (broad SMARTS) is 1. The Hall–Kier alpha value is -4.14. The van der Waals surface area contributed by atoms with E-state index in [1.165, 1.54) is 20.1 Å². The number of aliphatic hydroxyl groups is 3. The summed E-state index contributed by atoms with van der Waals surface area (Å²) in [4.78, 5) is 78.9. The Morgan fingerprint density at radius 1 is 0.981 bits per heavy atom. The molecular weight excluding hydrogens is 704 g/mol. The first kappa shape index (κ1) is 36.8. The average molecular weight is 751 g/mol. The number of aliphatic carboxylic acids is 1. The molecule has 8 aliphatic rings. The number of carboxylic acids is 1. The summed E-state index contributed by atoms with van der Waals surface area (Å²) >= 11 is 0. The van der Waals surface area contributed by atoms with Gasteiger partial charge in [-0.15, -0.1) is 0 Å². The van der Waals surface area contributed by atoms with E-state index in [-0.39, 0.29) is 60.0 Å². The molecule has 14 nitrogen and oxygen atoms in total. The van der Waals surface area contributed by atoms with E-state index in [4.69, 9.17) is 24.1 Å². The Morgan fingerprint density at radius 3 is 2.37 bits per heavy atom. The molecule has 1 aliphatic heterocycles. The van der Waals surface area contributed by atoms with E-state index in [1.807, 2.05) is 6.92 Å². The maximum Gasteiger partial charge on any atom is 0.338 e. The van der Waals surface area contributed by atoms with Gasteiger partial charge in [0.05, 0.1) is 38.0 Å². The lowest BCUT2D eigenvalue weighted by molar-refractivity contribution is -0.191. The van der Waals surface area contributed by atoms with Crippen LogP contribution in [0.5, 0.6) is 0 Å². The second-order valence-corrected chi connectivity index (χ2v) is 17.2. The number of ether oxygens (including phenoxy) is 4. The monoisotopic (exact) mass is 750 g/mol. The predicted octanol–water partition coefficient (Wildman–Crippen LogP) is 1.90. The quantitative estimate of drug-likeness (QED) is 0.109. The molecule has 0 aromatic heterocycles. The van der Waals surface area contributed by atoms with Crippen molar-refractivity contribution < 1.29 is 68.1 Å². The van der Waals surface area contributed by atoms with Crippen LogP contribution in [0.15, 0.2) is 45.1 Å². The van der Waals surface area contributed by atoms with Crippen LogP contribution in [0.1, 0.15) is 66.2 Å². The summed E-state index contributed by atoms with van der Waals surface area (Å²) < 4.78 is 22.9. The van der Waals surface area contributed by atoms with Crippen molar-refractivity contribution in [1.29, 1.82) is 0 Å². The van der Waals surface area contributed by atoms with Crippen molar-refractivity contribution in [3.8, 4) is 0 Å². The van der Waals surface area contributed by atoms with Gasteiger partial charge in [-0.3, -0.25) is 14.4 Å². The van der Waals surface area contributed by atoms with Gasteiger partial charge in [0.25, 0.3) is 0 Å². The van der Waals surface area contributed by atoms with Crippen LogP contribution in [-0.2, 0) is 47.7 Å². The number of esters is 4. The van der Waals surface area contributed by atoms with Crippen molar-refractivity contribution in [2.75, 3.05) is 26.9 Å². The lowest BCUT2D eigenvalue weighted by Gasteiger charge is -2.63. The summed E-state index contributed by atoms with van der Waals surface area (Å²) in [5.74, 6) is -7.39. The Balaban J connectivity index is 1.32. The van der Waals surface area contributed by atoms with Gasteiger partial charge in [-0.1, -0.05) is 19.4 Å². The van der Waals surface area contributed by atoms with E-state index in [0.29, 0.717) is 24.0 Å². The maximum atomic E-state index is 14.6. The first-order valence-corrected chi connectivity index (χ1v) is 18.7. The Labute approximate surface area is 311 Å². The zero-order chi connectivity index (χ0) is 39.0. The fraction of sp³-hybridized carbons (Fsp3) is 0.650. The third-order valence-electron chi connectivity index (χ3n) is 14.9. The van der Waals surface area contributed by atoms with Gasteiger partial charge in [0.1, 0.15) is 30.5 Å². The van der Waals surface area contributed by atoms with E-state index in [2.05, 4.69) is 6.92 Å². The number of hydrogen-bond acceptors (Lipinski definition) is 13. The first-order valence-electron chi connectivity index (χ1n) is 18.7. The molecule has 5 saturated carbocycles. The minimum absolute atomic E-state index is 0.00898. The number of allylic oxidation sites excluding steroid dienone is 1. The van der Waals surface area contributed by atoms with E-state index < -0.39 is 101 Å². The summed E-state index contributed by atoms with van der Waals surface area (Å²) in [6, 6.07) is 0. The fourth-order valence-electron chi connectivity index (χ4n) is 12.4. The van der Waals surface area contributed by atoms with Crippen LogP contribution in [0.25, 0.3) is 0 Å². The molecule has 290 valence electrons. The van der Waals surface area contributed by atoms with Crippen molar-refractivity contribution >= 4 is 35.6 Å². The SMILES string of the molecule is COC(=O)/C(C)=C1\C(=O)[C@H](O)[C@]2(C)C3=C(C[C@@H]4[C@]5(OC(=O)C(COC(=O)CCC(=O)O)=C5C[C@H]5[C@](O)(COC(=O)/C=C(\C)CO)[C@H]6C[C@H]6[C@]45C)[C@H]31)[C@H]1C[C@H]12. The molecule has 4 N–H and O–H groups in total. The zero-order valence-electron chi connectivity index (χ0n) is 30.9. The number of hydrogen-bond donors (Lipinski definition) is 4. The van der Waals surface area contributed by atoms with Gasteiger partial charge in [0.2, 0.25) is 0 Å². The highest BCUT2D eigenvalue weighted by molar-refractivity contribution is 6.09. The van der Waals surface area contributed by atoms with Gasteiger partial charge < -0.3 is 39.4 Å². The van der Waals surface area contributed by atoms with Crippen LogP contribution >= 0.6 is 0 Å². The minimum atomic E-state index is -1.57. The smallest absolute Gasteiger partial charge is 0.338 e. The van der Waals surface area contributed by atoms with E-state index in [0.717, 1.165) is 17.6 Å². The highest BCUT2D eigenvalue weighted by Crippen LogP contribution is 2.83. The lowest BCUT2D eigenvalue weighted by Crippen LogP contribution is -2.67. The number of methoxy groups -OCH3 is 1. The molecule has 7 aliphatic carbocycles. The Kier molecular flexibility index (Phi) is 8.13. The third kappa shape index (κ3) is 4.62. The molecule has 1 spiro atoms. The summed E-state index contributed by atoms with van der Waals surface area (Å²) in [7, 11) is 1.20. The highest BCUT2D eigenvalue weighted by atomic mass is 16.6. The van der Waals surface area contributed by atoms with Gasteiger partial charge in [-0.25, -0.2) is 14.4 Å². The van der Waals surface area contributed by atoms with Crippen LogP contribution in [0.3, 0.4) is 0 Å². The third-order valence-corrected chi connectivity index (χ3v) is 14.9. The van der Waals surface area contributed by atoms with Crippen molar-refractivity contribution in [3.63, 3.8) is 0 Å². The summed E-state index contributed by atoms with van der Waals surface area (Å²) in [6.45, 7) is 5.75. The fourth-order valence-corrected chi connectivity index (χ4v) is 12.4. The molecular formula is C40H46O14. The van der Waals surface area contributed by atoms with Gasteiger partial charge in [-0.05, 0) is 85.3 Å². The highest BCUT2D eigenvalue weighted by Gasteiger charge is 2.84. The summed E-state index contributed by atoms with van der Waals surface area (Å²) in [6.07, 6.45) is 0.661. The van der Waals surface area contributed by atoms with Crippen LogP contribution < -0.4 is 0 Å². The van der Waals surface area contributed by atoms with Crippen molar-refractivity contribution in [2.45, 2.75) is 83.5 Å². The summed E-state index contributed by atoms with van der Waals surface area (Å²) in [5, 5.41) is 43.0. The molecule has 0 saturated heterocycles. The van der Waals surface area contributed by atoms with Crippen molar-refractivity contribution in [2.24, 2.45) is 52.3 Å². The standard InChI is InChI=1S/C40H46O14/c1-16(13-41)8-29(45)53-15-39(50)24-11-23(24)37(3)25(39)12-22-20(14-52-28(44)7-6-27(42)43)36(49)54-40(22)26(37)10-19-18-9-21(18)38(4)31(19)32(40)30(33(46)34(38)47)17(2)35(48)51-5/h8,18,21,23-26,32,34,41,47,50H,6-7,9-15H2,1-5H3,(H,42,43)/b16-8+,30-17-/t18-,21-,23-,24+,25-,26+,32+,34+,37+,38+,39+,40+/m1/s1. The lowest BCUT2D eigenvalue weighted by atomic mass is 9.42. The number of ketones is 1. The number of rotatable bonds is 10. The van der Waals surface area contributed by atoms with Crippen LogP contribution in [-0.4, -0.2) is 100 Å². The maximum absolute atomic E-state index is 14.6. The first-order chi connectivity index (χ1) is 25.4.